The Morgan fingerprint density at radius 3 is 1.71 bits per heavy atom. The summed E-state index contributed by atoms with van der Waals surface area (Å²) in [7, 11) is 0. The molecule has 0 amide bonds. The number of hydrogen-bond acceptors (Lipinski definition) is 1. The summed E-state index contributed by atoms with van der Waals surface area (Å²) in [6.45, 7) is 0. The molecule has 7 heavy (non-hydrogen) atoms. The first-order valence-corrected chi connectivity index (χ1v) is 5.00. The highest BCUT2D eigenvalue weighted by atomic mass is 79.9. The fraction of sp³-hybridized carbons (Fsp3) is 1.00. The zero-order chi connectivity index (χ0) is 5.28. The molecule has 1 heterocycles. The van der Waals surface area contributed by atoms with Crippen LogP contribution in [-0.4, -0.2) is 8.32 Å². The van der Waals surface area contributed by atoms with Crippen molar-refractivity contribution in [2.45, 2.75) is 21.2 Å². The van der Waals surface area contributed by atoms with E-state index in [-0.39, 0.29) is 0 Å². The molecule has 0 N–H and O–H groups in total. The fourth-order valence-electron chi connectivity index (χ4n) is 0.558. The van der Waals surface area contributed by atoms with Crippen LogP contribution < -0.4 is 0 Å². The van der Waals surface area contributed by atoms with Gasteiger partial charge in [-0.15, -0.1) is 11.8 Å². The summed E-state index contributed by atoms with van der Waals surface area (Å²) in [5, 5.41) is 0. The molecule has 2 unspecified atom stereocenters. The molecule has 0 aromatic carbocycles. The summed E-state index contributed by atoms with van der Waals surface area (Å²) in [5.74, 6) is 0. The van der Waals surface area contributed by atoms with E-state index in [2.05, 4.69) is 31.9 Å². The van der Waals surface area contributed by atoms with Crippen LogP contribution in [0.3, 0.4) is 0 Å². The molecule has 42 valence electrons. The lowest BCUT2D eigenvalue weighted by Crippen LogP contribution is -1.76. The molecule has 0 saturated carbocycles. The highest BCUT2D eigenvalue weighted by Crippen LogP contribution is 2.39. The molecule has 2 atom stereocenters. The lowest BCUT2D eigenvalue weighted by molar-refractivity contribution is 0.913. The summed E-state index contributed by atoms with van der Waals surface area (Å²) in [6.07, 6.45) is 2.61. The molecule has 0 spiro atoms. The molecule has 1 aliphatic rings. The van der Waals surface area contributed by atoms with Crippen molar-refractivity contribution in [2.24, 2.45) is 0 Å². The number of halogens is 2. The Kier molecular flexibility index (Phi) is 2.52. The Morgan fingerprint density at radius 2 is 1.57 bits per heavy atom. The van der Waals surface area contributed by atoms with Gasteiger partial charge in [0, 0.05) is 0 Å². The van der Waals surface area contributed by atoms with Crippen LogP contribution >= 0.6 is 43.6 Å². The van der Waals surface area contributed by atoms with Gasteiger partial charge in [-0.1, -0.05) is 31.9 Å². The molecule has 0 nitrogen and oxygen atoms in total. The Hall–Kier alpha value is 1.31. The zero-order valence-corrected chi connectivity index (χ0v) is 7.72. The van der Waals surface area contributed by atoms with E-state index in [4.69, 9.17) is 0 Å². The monoisotopic (exact) mass is 244 g/mol. The topological polar surface area (TPSA) is 0 Å². The molecule has 1 fully saturated rings. The summed E-state index contributed by atoms with van der Waals surface area (Å²) < 4.78 is 1.41. The van der Waals surface area contributed by atoms with Crippen molar-refractivity contribution in [3.8, 4) is 0 Å². The van der Waals surface area contributed by atoms with Crippen LogP contribution in [0, 0.1) is 0 Å². The van der Waals surface area contributed by atoms with E-state index in [0.717, 1.165) is 0 Å². The van der Waals surface area contributed by atoms with Crippen LogP contribution in [0.15, 0.2) is 0 Å². The van der Waals surface area contributed by atoms with E-state index in [1.54, 1.807) is 0 Å². The van der Waals surface area contributed by atoms with Crippen molar-refractivity contribution in [3.05, 3.63) is 0 Å². The van der Waals surface area contributed by atoms with Crippen molar-refractivity contribution >= 4 is 43.6 Å². The number of alkyl halides is 2. The molecule has 0 bridgehead atoms. The van der Waals surface area contributed by atoms with E-state index < -0.39 is 0 Å². The lowest BCUT2D eigenvalue weighted by Gasteiger charge is -1.93. The van der Waals surface area contributed by atoms with Crippen LogP contribution in [0.4, 0.5) is 0 Å². The van der Waals surface area contributed by atoms with Crippen molar-refractivity contribution in [1.82, 2.24) is 0 Å². The minimum absolute atomic E-state index is 0.705. The van der Waals surface area contributed by atoms with Gasteiger partial charge in [-0.3, -0.25) is 0 Å². The van der Waals surface area contributed by atoms with Gasteiger partial charge in [-0.05, 0) is 12.8 Å². The van der Waals surface area contributed by atoms with Gasteiger partial charge in [-0.2, -0.15) is 0 Å². The number of hydrogen-bond donors (Lipinski definition) is 0. The molecule has 1 saturated heterocycles. The maximum absolute atomic E-state index is 3.51. The van der Waals surface area contributed by atoms with E-state index >= 15 is 0 Å². The minimum Gasteiger partial charge on any atom is -0.132 e. The molecule has 0 aromatic rings. The van der Waals surface area contributed by atoms with Gasteiger partial charge in [0.25, 0.3) is 0 Å². The average Bonchev–Trinajstić information content (AvgIpc) is 1.87. The molecule has 1 aliphatic heterocycles. The second-order valence-corrected chi connectivity index (χ2v) is 6.37. The number of thioether (sulfide) groups is 1. The van der Waals surface area contributed by atoms with Crippen molar-refractivity contribution < 1.29 is 0 Å². The Labute approximate surface area is 64.7 Å². The SMILES string of the molecule is BrC1CCC(Br)S1. The normalized spacial score (nSPS) is 42.0. The van der Waals surface area contributed by atoms with Crippen LogP contribution in [0.5, 0.6) is 0 Å². The minimum atomic E-state index is 0.705. The first kappa shape index (κ1) is 6.43. The Morgan fingerprint density at radius 1 is 1.14 bits per heavy atom. The Bertz CT molecular complexity index is 58.7. The smallest absolute Gasteiger partial charge is 0.0612 e. The van der Waals surface area contributed by atoms with Gasteiger partial charge < -0.3 is 0 Å². The highest BCUT2D eigenvalue weighted by Gasteiger charge is 2.19. The van der Waals surface area contributed by atoms with E-state index in [0.29, 0.717) is 8.32 Å². The van der Waals surface area contributed by atoms with Crippen LogP contribution in [0.1, 0.15) is 12.8 Å². The zero-order valence-electron chi connectivity index (χ0n) is 3.73. The van der Waals surface area contributed by atoms with Gasteiger partial charge in [0.2, 0.25) is 0 Å². The lowest BCUT2D eigenvalue weighted by atomic mass is 10.4. The summed E-state index contributed by atoms with van der Waals surface area (Å²) in [6, 6.07) is 0. The standard InChI is InChI=1S/C4H6Br2S/c5-3-1-2-4(6)7-3/h3-4H,1-2H2. The van der Waals surface area contributed by atoms with Crippen LogP contribution in [-0.2, 0) is 0 Å². The largest absolute Gasteiger partial charge is 0.132 e. The molecular formula is C4H6Br2S. The molecule has 3 heteroatoms. The molecular weight excluding hydrogens is 240 g/mol. The molecule has 0 aliphatic carbocycles. The maximum Gasteiger partial charge on any atom is 0.0612 e. The number of rotatable bonds is 0. The summed E-state index contributed by atoms with van der Waals surface area (Å²) in [5.41, 5.74) is 0. The van der Waals surface area contributed by atoms with Gasteiger partial charge in [0.1, 0.15) is 0 Å². The molecule has 0 radical (unpaired) electrons. The second-order valence-electron chi connectivity index (χ2n) is 1.53. The third-order valence-corrected chi connectivity index (χ3v) is 4.19. The van der Waals surface area contributed by atoms with E-state index in [9.17, 15) is 0 Å². The van der Waals surface area contributed by atoms with Crippen LogP contribution in [0.25, 0.3) is 0 Å². The predicted octanol–water partition coefficient (Wildman–Crippen LogP) is 2.96. The first-order valence-electron chi connectivity index (χ1n) is 2.22. The predicted molar refractivity (Wildman–Crippen MR) is 42.3 cm³/mol. The van der Waals surface area contributed by atoms with Gasteiger partial charge in [-0.25, -0.2) is 0 Å². The fourth-order valence-corrected chi connectivity index (χ4v) is 4.38. The van der Waals surface area contributed by atoms with Crippen LogP contribution in [0.2, 0.25) is 0 Å². The maximum atomic E-state index is 3.51. The quantitative estimate of drug-likeness (QED) is 0.592. The van der Waals surface area contributed by atoms with Crippen molar-refractivity contribution in [3.63, 3.8) is 0 Å². The summed E-state index contributed by atoms with van der Waals surface area (Å²) in [4.78, 5) is 0. The third kappa shape index (κ3) is 1.94. The Balaban J connectivity index is 2.26. The summed E-state index contributed by atoms with van der Waals surface area (Å²) >= 11 is 8.98. The molecule has 0 aromatic heterocycles. The van der Waals surface area contributed by atoms with Gasteiger partial charge in [0.05, 0.1) is 8.32 Å². The van der Waals surface area contributed by atoms with Gasteiger partial charge in [0.15, 0.2) is 0 Å². The second kappa shape index (κ2) is 2.74. The molecule has 1 rings (SSSR count). The van der Waals surface area contributed by atoms with E-state index in [1.807, 2.05) is 11.8 Å². The highest BCUT2D eigenvalue weighted by molar-refractivity contribution is 9.13. The third-order valence-electron chi connectivity index (χ3n) is 0.916. The van der Waals surface area contributed by atoms with Crippen molar-refractivity contribution in [2.75, 3.05) is 0 Å². The van der Waals surface area contributed by atoms with E-state index in [1.165, 1.54) is 12.8 Å². The van der Waals surface area contributed by atoms with Gasteiger partial charge >= 0.3 is 0 Å². The average molecular weight is 246 g/mol. The van der Waals surface area contributed by atoms with Crippen molar-refractivity contribution in [1.29, 1.82) is 0 Å². The first-order chi connectivity index (χ1) is 3.29.